The minimum absolute atomic E-state index is 0. The van der Waals surface area contributed by atoms with Crippen LogP contribution < -0.4 is 10.2 Å². The number of hydrogen-bond acceptors (Lipinski definition) is 6. The summed E-state index contributed by atoms with van der Waals surface area (Å²) in [7, 11) is 1.77. The number of likely N-dealkylation sites (tertiary alicyclic amines) is 1. The molecule has 2 saturated heterocycles. The van der Waals surface area contributed by atoms with Crippen LogP contribution in [0.2, 0.25) is 0 Å². The molecule has 2 aliphatic rings. The third kappa shape index (κ3) is 5.18. The smallest absolute Gasteiger partial charge is 0.241 e. The first-order chi connectivity index (χ1) is 12.2. The molecule has 146 valence electrons. The van der Waals surface area contributed by atoms with Crippen LogP contribution in [-0.2, 0) is 11.2 Å². The Morgan fingerprint density at radius 2 is 1.85 bits per heavy atom. The highest BCUT2D eigenvalue weighted by molar-refractivity contribution is 14.0. The van der Waals surface area contributed by atoms with E-state index >= 15 is 0 Å². The summed E-state index contributed by atoms with van der Waals surface area (Å²) in [5.74, 6) is 1.89. The SMILES string of the molecule is CCc1nsc(N2CCN(C(=NC)NCC(=O)N3CCCC3)CC2)n1.I. The Kier molecular flexibility index (Phi) is 8.32. The molecule has 0 saturated carbocycles. The number of nitrogens with one attached hydrogen (secondary N) is 1. The minimum Gasteiger partial charge on any atom is -0.347 e. The van der Waals surface area contributed by atoms with E-state index in [0.717, 1.165) is 75.4 Å². The lowest BCUT2D eigenvalue weighted by Crippen LogP contribution is -2.53. The van der Waals surface area contributed by atoms with Crippen molar-refractivity contribution in [3.63, 3.8) is 0 Å². The van der Waals surface area contributed by atoms with Crippen LogP contribution in [-0.4, -0.2) is 83.9 Å². The molecular weight excluding hydrogens is 465 g/mol. The number of aromatic nitrogens is 2. The van der Waals surface area contributed by atoms with Crippen LogP contribution in [0.15, 0.2) is 4.99 Å². The van der Waals surface area contributed by atoms with Gasteiger partial charge in [-0.2, -0.15) is 4.37 Å². The molecule has 3 heterocycles. The minimum atomic E-state index is 0. The number of piperazine rings is 1. The molecule has 0 radical (unpaired) electrons. The topological polar surface area (TPSA) is 77.0 Å². The van der Waals surface area contributed by atoms with E-state index in [1.54, 1.807) is 7.05 Å². The molecule has 0 spiro atoms. The summed E-state index contributed by atoms with van der Waals surface area (Å²) in [5.41, 5.74) is 0. The van der Waals surface area contributed by atoms with Gasteiger partial charge >= 0.3 is 0 Å². The molecule has 0 aliphatic carbocycles. The van der Waals surface area contributed by atoms with Crippen molar-refractivity contribution in [1.82, 2.24) is 24.5 Å². The maximum Gasteiger partial charge on any atom is 0.241 e. The van der Waals surface area contributed by atoms with Gasteiger partial charge in [-0.3, -0.25) is 9.79 Å². The molecule has 2 aliphatic heterocycles. The van der Waals surface area contributed by atoms with E-state index in [2.05, 4.69) is 36.4 Å². The Bertz CT molecular complexity index is 609. The highest BCUT2D eigenvalue weighted by Gasteiger charge is 2.23. The second-order valence-electron chi connectivity index (χ2n) is 6.31. The molecule has 0 aromatic carbocycles. The second-order valence-corrected chi connectivity index (χ2v) is 7.04. The fourth-order valence-corrected chi connectivity index (χ4v) is 3.99. The summed E-state index contributed by atoms with van der Waals surface area (Å²) in [6.07, 6.45) is 3.11. The Labute approximate surface area is 176 Å². The molecule has 1 aromatic heterocycles. The number of amides is 1. The first-order valence-corrected chi connectivity index (χ1v) is 9.79. The van der Waals surface area contributed by atoms with Gasteiger partial charge in [-0.25, -0.2) is 4.98 Å². The number of carbonyl (C=O) groups is 1. The van der Waals surface area contributed by atoms with Crippen LogP contribution in [0.25, 0.3) is 0 Å². The van der Waals surface area contributed by atoms with E-state index in [-0.39, 0.29) is 29.9 Å². The van der Waals surface area contributed by atoms with Crippen molar-refractivity contribution in [2.24, 2.45) is 4.99 Å². The first kappa shape index (κ1) is 21.1. The van der Waals surface area contributed by atoms with Gasteiger partial charge in [-0.15, -0.1) is 24.0 Å². The normalized spacial score (nSPS) is 18.1. The molecule has 26 heavy (non-hydrogen) atoms. The monoisotopic (exact) mass is 493 g/mol. The van der Waals surface area contributed by atoms with Crippen LogP contribution in [0, 0.1) is 0 Å². The van der Waals surface area contributed by atoms with Gasteiger partial charge in [0.25, 0.3) is 0 Å². The molecule has 3 rings (SSSR count). The number of halogens is 1. The van der Waals surface area contributed by atoms with Crippen molar-refractivity contribution >= 4 is 52.5 Å². The summed E-state index contributed by atoms with van der Waals surface area (Å²) in [4.78, 5) is 27.5. The van der Waals surface area contributed by atoms with E-state index in [0.29, 0.717) is 6.54 Å². The van der Waals surface area contributed by atoms with Gasteiger partial charge in [-0.05, 0) is 12.8 Å². The van der Waals surface area contributed by atoms with E-state index < -0.39 is 0 Å². The number of aryl methyl sites for hydroxylation is 1. The number of anilines is 1. The highest BCUT2D eigenvalue weighted by Crippen LogP contribution is 2.19. The van der Waals surface area contributed by atoms with E-state index in [4.69, 9.17) is 0 Å². The fourth-order valence-electron chi connectivity index (χ4n) is 3.19. The van der Waals surface area contributed by atoms with E-state index in [9.17, 15) is 4.79 Å². The molecule has 1 aromatic rings. The summed E-state index contributed by atoms with van der Waals surface area (Å²) in [5, 5.41) is 4.23. The predicted octanol–water partition coefficient (Wildman–Crippen LogP) is 1.04. The molecular formula is C16H28IN7OS. The molecule has 0 atom stereocenters. The lowest BCUT2D eigenvalue weighted by Gasteiger charge is -2.36. The number of rotatable bonds is 4. The number of carbonyl (C=O) groups excluding carboxylic acids is 1. The molecule has 1 amide bonds. The largest absolute Gasteiger partial charge is 0.347 e. The fraction of sp³-hybridized carbons (Fsp3) is 0.750. The Morgan fingerprint density at radius 1 is 1.15 bits per heavy atom. The standard InChI is InChI=1S/C16H27N7OS.HI/c1-3-13-19-16(25-20-13)23-10-8-22(9-11-23)15(17-2)18-12-14(24)21-6-4-5-7-21;/h3-12H2,1-2H3,(H,17,18);1H. The first-order valence-electron chi connectivity index (χ1n) is 9.02. The van der Waals surface area contributed by atoms with Crippen LogP contribution in [0.4, 0.5) is 5.13 Å². The van der Waals surface area contributed by atoms with Crippen molar-refractivity contribution in [1.29, 1.82) is 0 Å². The van der Waals surface area contributed by atoms with Gasteiger partial charge < -0.3 is 20.0 Å². The summed E-state index contributed by atoms with van der Waals surface area (Å²) in [6, 6.07) is 0. The maximum atomic E-state index is 12.2. The predicted molar refractivity (Wildman–Crippen MR) is 116 cm³/mol. The van der Waals surface area contributed by atoms with Crippen molar-refractivity contribution in [3.05, 3.63) is 5.82 Å². The van der Waals surface area contributed by atoms with Crippen molar-refractivity contribution < 1.29 is 4.79 Å². The Morgan fingerprint density at radius 3 is 2.42 bits per heavy atom. The Balaban J connectivity index is 0.00000243. The molecule has 1 N–H and O–H groups in total. The van der Waals surface area contributed by atoms with Gasteiger partial charge in [0.1, 0.15) is 5.82 Å². The lowest BCUT2D eigenvalue weighted by atomic mass is 10.3. The molecule has 8 nitrogen and oxygen atoms in total. The molecule has 10 heteroatoms. The van der Waals surface area contributed by atoms with Crippen molar-refractivity contribution in [2.75, 3.05) is 57.8 Å². The van der Waals surface area contributed by atoms with E-state index in [1.165, 1.54) is 11.5 Å². The molecule has 0 bridgehead atoms. The zero-order valence-electron chi connectivity index (χ0n) is 15.5. The van der Waals surface area contributed by atoms with Gasteiger partial charge in [0.2, 0.25) is 11.0 Å². The quantitative estimate of drug-likeness (QED) is 0.384. The zero-order valence-corrected chi connectivity index (χ0v) is 18.6. The third-order valence-corrected chi connectivity index (χ3v) is 5.51. The van der Waals surface area contributed by atoms with Crippen LogP contribution in [0.3, 0.4) is 0 Å². The number of aliphatic imine (C=N–C) groups is 1. The summed E-state index contributed by atoms with van der Waals surface area (Å²) < 4.78 is 4.36. The zero-order chi connectivity index (χ0) is 17.6. The van der Waals surface area contributed by atoms with Gasteiger partial charge in [0.15, 0.2) is 5.96 Å². The third-order valence-electron chi connectivity index (χ3n) is 4.69. The number of guanidine groups is 1. The summed E-state index contributed by atoms with van der Waals surface area (Å²) in [6.45, 7) is 7.67. The average molecular weight is 493 g/mol. The number of hydrogen-bond donors (Lipinski definition) is 1. The Hall–Kier alpha value is -1.17. The molecule has 0 unspecified atom stereocenters. The lowest BCUT2D eigenvalue weighted by molar-refractivity contribution is -0.128. The number of nitrogens with zero attached hydrogens (tertiary/aromatic N) is 6. The molecule has 2 fully saturated rings. The summed E-state index contributed by atoms with van der Waals surface area (Å²) >= 11 is 1.47. The van der Waals surface area contributed by atoms with Crippen molar-refractivity contribution in [3.8, 4) is 0 Å². The second kappa shape index (κ2) is 10.2. The van der Waals surface area contributed by atoms with Crippen LogP contribution in [0.1, 0.15) is 25.6 Å². The van der Waals surface area contributed by atoms with Crippen LogP contribution in [0.5, 0.6) is 0 Å². The van der Waals surface area contributed by atoms with Gasteiger partial charge in [0, 0.05) is 64.3 Å². The van der Waals surface area contributed by atoms with E-state index in [1.807, 2.05) is 4.90 Å². The average Bonchev–Trinajstić information content (AvgIpc) is 3.34. The maximum absolute atomic E-state index is 12.2. The van der Waals surface area contributed by atoms with Gasteiger partial charge in [-0.1, -0.05) is 6.92 Å². The van der Waals surface area contributed by atoms with Crippen LogP contribution >= 0.6 is 35.5 Å². The van der Waals surface area contributed by atoms with Gasteiger partial charge in [0.05, 0.1) is 6.54 Å². The highest BCUT2D eigenvalue weighted by atomic mass is 127. The van der Waals surface area contributed by atoms with Crippen molar-refractivity contribution in [2.45, 2.75) is 26.2 Å².